The Kier molecular flexibility index (Phi) is 4.04. The first-order valence-electron chi connectivity index (χ1n) is 5.87. The number of carbonyl (C=O) groups is 2. The molecule has 2 rings (SSSR count). The summed E-state index contributed by atoms with van der Waals surface area (Å²) in [6, 6.07) is 5.73. The van der Waals surface area contributed by atoms with Crippen molar-refractivity contribution in [2.75, 3.05) is 6.67 Å². The Balaban J connectivity index is 1.95. The lowest BCUT2D eigenvalue weighted by molar-refractivity contribution is -0.142. The minimum atomic E-state index is -1.46. The highest BCUT2D eigenvalue weighted by Crippen LogP contribution is 2.47. The molecule has 1 aromatic rings. The summed E-state index contributed by atoms with van der Waals surface area (Å²) in [5.41, 5.74) is 0.944. The molecule has 3 unspecified atom stereocenters. The van der Waals surface area contributed by atoms with Crippen LogP contribution in [0.15, 0.2) is 24.3 Å². The fourth-order valence-corrected chi connectivity index (χ4v) is 2.23. The second kappa shape index (κ2) is 5.57. The zero-order chi connectivity index (χ0) is 14.0. The number of halogens is 2. The molecule has 2 N–H and O–H groups in total. The van der Waals surface area contributed by atoms with E-state index in [4.69, 9.17) is 16.7 Å². The molecule has 19 heavy (non-hydrogen) atoms. The third kappa shape index (κ3) is 3.23. The molecular weight excluding hydrogens is 273 g/mol. The van der Waals surface area contributed by atoms with E-state index in [1.807, 2.05) is 6.07 Å². The summed E-state index contributed by atoms with van der Waals surface area (Å²) in [4.78, 5) is 22.4. The molecule has 1 amide bonds. The second-order valence-corrected chi connectivity index (χ2v) is 4.99. The summed E-state index contributed by atoms with van der Waals surface area (Å²) in [6.45, 7) is -1.12. The van der Waals surface area contributed by atoms with Crippen LogP contribution in [0.4, 0.5) is 4.39 Å². The van der Waals surface area contributed by atoms with Crippen LogP contribution in [0.1, 0.15) is 17.9 Å². The van der Waals surface area contributed by atoms with Gasteiger partial charge in [0.05, 0.1) is 0 Å². The molecule has 1 fully saturated rings. The zero-order valence-corrected chi connectivity index (χ0v) is 10.7. The third-order valence-electron chi connectivity index (χ3n) is 3.17. The van der Waals surface area contributed by atoms with Crippen LogP contribution in [0.5, 0.6) is 0 Å². The predicted molar refractivity (Wildman–Crippen MR) is 67.8 cm³/mol. The molecule has 6 heteroatoms. The summed E-state index contributed by atoms with van der Waals surface area (Å²) >= 11 is 5.86. The van der Waals surface area contributed by atoms with E-state index in [0.29, 0.717) is 11.4 Å². The highest BCUT2D eigenvalue weighted by atomic mass is 35.5. The number of rotatable bonds is 5. The number of benzene rings is 1. The van der Waals surface area contributed by atoms with E-state index in [1.54, 1.807) is 18.2 Å². The van der Waals surface area contributed by atoms with Crippen LogP contribution in [0.25, 0.3) is 0 Å². The Labute approximate surface area is 114 Å². The molecular formula is C13H13ClFNO3. The highest BCUT2D eigenvalue weighted by Gasteiger charge is 2.44. The van der Waals surface area contributed by atoms with Gasteiger partial charge in [0.2, 0.25) is 5.91 Å². The minimum absolute atomic E-state index is 0.0350. The van der Waals surface area contributed by atoms with Gasteiger partial charge in [0, 0.05) is 10.9 Å². The van der Waals surface area contributed by atoms with Crippen LogP contribution in [0.2, 0.25) is 5.02 Å². The number of carboxylic acid groups (broad SMARTS) is 1. The van der Waals surface area contributed by atoms with Crippen LogP contribution in [0, 0.1) is 5.92 Å². The summed E-state index contributed by atoms with van der Waals surface area (Å²) in [6.07, 6.45) is 0.630. The van der Waals surface area contributed by atoms with Crippen LogP contribution >= 0.6 is 11.6 Å². The summed E-state index contributed by atoms with van der Waals surface area (Å²) in [5.74, 6) is -2.05. The van der Waals surface area contributed by atoms with E-state index >= 15 is 0 Å². The molecule has 1 aliphatic rings. The molecule has 102 valence electrons. The maximum Gasteiger partial charge on any atom is 0.328 e. The van der Waals surface area contributed by atoms with Gasteiger partial charge in [0.1, 0.15) is 6.67 Å². The number of hydrogen-bond donors (Lipinski definition) is 2. The molecule has 4 nitrogen and oxygen atoms in total. The number of alkyl halides is 1. The predicted octanol–water partition coefficient (Wildman–Crippen LogP) is 1.98. The SMILES string of the molecule is O=C(O)C(CF)NC(=O)C1CC1c1cccc(Cl)c1. The van der Waals surface area contributed by atoms with Crippen molar-refractivity contribution in [3.63, 3.8) is 0 Å². The van der Waals surface area contributed by atoms with Gasteiger partial charge < -0.3 is 10.4 Å². The Morgan fingerprint density at radius 3 is 2.84 bits per heavy atom. The van der Waals surface area contributed by atoms with Crippen LogP contribution < -0.4 is 5.32 Å². The quantitative estimate of drug-likeness (QED) is 0.869. The molecule has 0 bridgehead atoms. The molecule has 0 aliphatic heterocycles. The van der Waals surface area contributed by atoms with E-state index in [2.05, 4.69) is 5.32 Å². The smallest absolute Gasteiger partial charge is 0.328 e. The first-order chi connectivity index (χ1) is 9.02. The molecule has 0 heterocycles. The van der Waals surface area contributed by atoms with Crippen molar-refractivity contribution in [3.05, 3.63) is 34.9 Å². The lowest BCUT2D eigenvalue weighted by Crippen LogP contribution is -2.43. The lowest BCUT2D eigenvalue weighted by Gasteiger charge is -2.10. The number of aliphatic carboxylic acids is 1. The van der Waals surface area contributed by atoms with Gasteiger partial charge >= 0.3 is 5.97 Å². The fourth-order valence-electron chi connectivity index (χ4n) is 2.04. The van der Waals surface area contributed by atoms with Gasteiger partial charge in [-0.15, -0.1) is 0 Å². The van der Waals surface area contributed by atoms with Gasteiger partial charge in [-0.2, -0.15) is 0 Å². The van der Waals surface area contributed by atoms with Crippen molar-refractivity contribution < 1.29 is 19.1 Å². The summed E-state index contributed by atoms with van der Waals surface area (Å²) in [5, 5.41) is 11.5. The van der Waals surface area contributed by atoms with Gasteiger partial charge in [0.15, 0.2) is 6.04 Å². The number of hydrogen-bond acceptors (Lipinski definition) is 2. The van der Waals surface area contributed by atoms with Gasteiger partial charge in [-0.05, 0) is 30.0 Å². The maximum absolute atomic E-state index is 12.4. The van der Waals surface area contributed by atoms with Crippen LogP contribution in [-0.2, 0) is 9.59 Å². The number of carbonyl (C=O) groups excluding carboxylic acids is 1. The zero-order valence-electron chi connectivity index (χ0n) is 9.98. The van der Waals surface area contributed by atoms with Gasteiger partial charge in [-0.25, -0.2) is 9.18 Å². The minimum Gasteiger partial charge on any atom is -0.480 e. The molecule has 3 atom stereocenters. The normalized spacial score (nSPS) is 22.6. The van der Waals surface area contributed by atoms with Crippen molar-refractivity contribution in [3.8, 4) is 0 Å². The molecule has 1 aromatic carbocycles. The van der Waals surface area contributed by atoms with Crippen molar-refractivity contribution in [2.45, 2.75) is 18.4 Å². The van der Waals surface area contributed by atoms with Gasteiger partial charge in [-0.1, -0.05) is 23.7 Å². The number of amides is 1. The first-order valence-corrected chi connectivity index (χ1v) is 6.25. The Morgan fingerprint density at radius 1 is 1.53 bits per heavy atom. The van der Waals surface area contributed by atoms with E-state index in [-0.39, 0.29) is 11.8 Å². The molecule has 0 radical (unpaired) electrons. The summed E-state index contributed by atoms with van der Waals surface area (Å²) < 4.78 is 12.4. The molecule has 1 saturated carbocycles. The Morgan fingerprint density at radius 2 is 2.26 bits per heavy atom. The van der Waals surface area contributed by atoms with Crippen molar-refractivity contribution in [1.82, 2.24) is 5.32 Å². The van der Waals surface area contributed by atoms with Crippen LogP contribution in [0.3, 0.4) is 0 Å². The Hall–Kier alpha value is -1.62. The van der Waals surface area contributed by atoms with E-state index < -0.39 is 24.6 Å². The van der Waals surface area contributed by atoms with Crippen LogP contribution in [-0.4, -0.2) is 29.7 Å². The molecule has 0 aromatic heterocycles. The van der Waals surface area contributed by atoms with E-state index in [9.17, 15) is 14.0 Å². The van der Waals surface area contributed by atoms with E-state index in [1.165, 1.54) is 0 Å². The summed E-state index contributed by atoms with van der Waals surface area (Å²) in [7, 11) is 0. The standard InChI is InChI=1S/C13H13ClFNO3/c14-8-3-1-2-7(4-8)9-5-10(9)12(17)16-11(6-15)13(18)19/h1-4,9-11H,5-6H2,(H,16,17)(H,18,19). The molecule has 0 spiro atoms. The van der Waals surface area contributed by atoms with E-state index in [0.717, 1.165) is 5.56 Å². The highest BCUT2D eigenvalue weighted by molar-refractivity contribution is 6.30. The number of nitrogens with one attached hydrogen (secondary N) is 1. The third-order valence-corrected chi connectivity index (χ3v) is 3.41. The first kappa shape index (κ1) is 13.8. The largest absolute Gasteiger partial charge is 0.480 e. The van der Waals surface area contributed by atoms with Crippen molar-refractivity contribution in [1.29, 1.82) is 0 Å². The second-order valence-electron chi connectivity index (χ2n) is 4.56. The average Bonchev–Trinajstić information content (AvgIpc) is 3.15. The van der Waals surface area contributed by atoms with Crippen molar-refractivity contribution >= 4 is 23.5 Å². The topological polar surface area (TPSA) is 66.4 Å². The fraction of sp³-hybridized carbons (Fsp3) is 0.385. The van der Waals surface area contributed by atoms with Crippen molar-refractivity contribution in [2.24, 2.45) is 5.92 Å². The maximum atomic E-state index is 12.4. The lowest BCUT2D eigenvalue weighted by atomic mass is 10.1. The monoisotopic (exact) mass is 285 g/mol. The molecule has 1 aliphatic carbocycles. The van der Waals surface area contributed by atoms with Gasteiger partial charge in [0.25, 0.3) is 0 Å². The van der Waals surface area contributed by atoms with Gasteiger partial charge in [-0.3, -0.25) is 4.79 Å². The molecule has 0 saturated heterocycles. The Bertz CT molecular complexity index is 508. The average molecular weight is 286 g/mol. The number of carboxylic acids is 1.